The second kappa shape index (κ2) is 6.68. The van der Waals surface area contributed by atoms with E-state index in [1.165, 1.54) is 19.2 Å². The number of phenolic OH excluding ortho intramolecular Hbond substituents is 1. The highest BCUT2D eigenvalue weighted by Gasteiger charge is 2.12. The van der Waals surface area contributed by atoms with E-state index in [0.29, 0.717) is 5.75 Å². The number of aryl methyl sites for hydroxylation is 1. The Labute approximate surface area is 145 Å². The first-order valence-electron chi connectivity index (χ1n) is 7.77. The molecule has 0 bridgehead atoms. The molecule has 3 rings (SSSR count). The van der Waals surface area contributed by atoms with Gasteiger partial charge in [0.1, 0.15) is 11.5 Å². The molecular formula is C19H19N3O3. The van der Waals surface area contributed by atoms with Crippen molar-refractivity contribution in [1.29, 1.82) is 0 Å². The largest absolute Gasteiger partial charge is 0.507 e. The van der Waals surface area contributed by atoms with Crippen LogP contribution in [0.4, 0.5) is 0 Å². The van der Waals surface area contributed by atoms with Crippen molar-refractivity contribution in [1.82, 2.24) is 9.99 Å². The first-order chi connectivity index (χ1) is 12.0. The van der Waals surface area contributed by atoms with Crippen LogP contribution >= 0.6 is 0 Å². The van der Waals surface area contributed by atoms with Gasteiger partial charge in [0.15, 0.2) is 0 Å². The zero-order valence-corrected chi connectivity index (χ0v) is 14.3. The maximum Gasteiger partial charge on any atom is 0.275 e. The van der Waals surface area contributed by atoms with Crippen LogP contribution < -0.4 is 10.2 Å². The Morgan fingerprint density at radius 1 is 1.28 bits per heavy atom. The molecule has 0 aliphatic heterocycles. The number of fused-ring (bicyclic) bond motifs is 1. The number of methoxy groups -OCH3 is 1. The van der Waals surface area contributed by atoms with Crippen LogP contribution in [0, 0.1) is 6.92 Å². The smallest absolute Gasteiger partial charge is 0.275 e. The van der Waals surface area contributed by atoms with Gasteiger partial charge in [0.25, 0.3) is 5.91 Å². The zero-order chi connectivity index (χ0) is 18.0. The highest BCUT2D eigenvalue weighted by atomic mass is 16.5. The van der Waals surface area contributed by atoms with Crippen LogP contribution in [-0.4, -0.2) is 28.9 Å². The topological polar surface area (TPSA) is 75.8 Å². The number of amides is 1. The number of hydrogen-bond donors (Lipinski definition) is 2. The van der Waals surface area contributed by atoms with E-state index in [1.54, 1.807) is 12.3 Å². The lowest BCUT2D eigenvalue weighted by Gasteiger charge is -2.05. The van der Waals surface area contributed by atoms with Gasteiger partial charge >= 0.3 is 0 Å². The maximum atomic E-state index is 12.2. The van der Waals surface area contributed by atoms with Crippen molar-refractivity contribution >= 4 is 23.0 Å². The van der Waals surface area contributed by atoms with Gasteiger partial charge in [-0.3, -0.25) is 4.79 Å². The van der Waals surface area contributed by atoms with Gasteiger partial charge in [-0.2, -0.15) is 5.10 Å². The van der Waals surface area contributed by atoms with E-state index in [0.717, 1.165) is 22.2 Å². The number of nitrogens with one attached hydrogen (secondary N) is 1. The Morgan fingerprint density at radius 3 is 2.76 bits per heavy atom. The summed E-state index contributed by atoms with van der Waals surface area (Å²) in [6, 6.07) is 12.5. The number of hydrazone groups is 1. The molecule has 6 nitrogen and oxygen atoms in total. The molecular weight excluding hydrogens is 318 g/mol. The quantitative estimate of drug-likeness (QED) is 0.568. The maximum absolute atomic E-state index is 12.2. The molecule has 2 aromatic carbocycles. The standard InChI is InChI=1S/C19H19N3O3/c1-12-16(14-6-4-5-7-17(14)22(12)2)11-20-21-19(24)15-9-8-13(25-3)10-18(15)23/h4-11,23H,1-3H3,(H,21,24)/b20-11-. The predicted molar refractivity (Wildman–Crippen MR) is 97.4 cm³/mol. The molecule has 0 saturated carbocycles. The van der Waals surface area contributed by atoms with Gasteiger partial charge in [-0.05, 0) is 25.1 Å². The number of ether oxygens (including phenoxy) is 1. The Kier molecular flexibility index (Phi) is 4.43. The second-order valence-electron chi connectivity index (χ2n) is 5.66. The van der Waals surface area contributed by atoms with Crippen molar-refractivity contribution in [2.45, 2.75) is 6.92 Å². The number of rotatable bonds is 4. The highest BCUT2D eigenvalue weighted by molar-refractivity contribution is 6.02. The zero-order valence-electron chi connectivity index (χ0n) is 14.3. The van der Waals surface area contributed by atoms with Crippen LogP contribution in [0.3, 0.4) is 0 Å². The summed E-state index contributed by atoms with van der Waals surface area (Å²) in [5.74, 6) is -0.174. The average Bonchev–Trinajstić information content (AvgIpc) is 2.86. The lowest BCUT2D eigenvalue weighted by atomic mass is 10.1. The van der Waals surface area contributed by atoms with Crippen molar-refractivity contribution in [3.05, 3.63) is 59.3 Å². The first kappa shape index (κ1) is 16.6. The summed E-state index contributed by atoms with van der Waals surface area (Å²) >= 11 is 0. The SMILES string of the molecule is COc1ccc(C(=O)N/N=C\c2c(C)n(C)c3ccccc23)c(O)c1. The van der Waals surface area contributed by atoms with Gasteiger partial charge in [0.05, 0.1) is 18.9 Å². The molecule has 0 fully saturated rings. The summed E-state index contributed by atoms with van der Waals surface area (Å²) in [6.07, 6.45) is 1.62. The fourth-order valence-electron chi connectivity index (χ4n) is 2.76. The van der Waals surface area contributed by atoms with Gasteiger partial charge in [-0.15, -0.1) is 0 Å². The molecule has 0 atom stereocenters. The minimum absolute atomic E-state index is 0.132. The molecule has 25 heavy (non-hydrogen) atoms. The summed E-state index contributed by atoms with van der Waals surface area (Å²) in [5, 5.41) is 15.0. The molecule has 2 N–H and O–H groups in total. The molecule has 1 aromatic heterocycles. The van der Waals surface area contributed by atoms with Gasteiger partial charge in [-0.25, -0.2) is 5.43 Å². The Balaban J connectivity index is 1.82. The Morgan fingerprint density at radius 2 is 2.04 bits per heavy atom. The minimum atomic E-state index is -0.491. The number of phenols is 1. The first-order valence-corrected chi connectivity index (χ1v) is 7.77. The molecule has 0 radical (unpaired) electrons. The van der Waals surface area contributed by atoms with Crippen LogP contribution in [0.15, 0.2) is 47.6 Å². The van der Waals surface area contributed by atoms with E-state index in [1.807, 2.05) is 38.2 Å². The molecule has 0 unspecified atom stereocenters. The minimum Gasteiger partial charge on any atom is -0.507 e. The normalized spacial score (nSPS) is 11.2. The van der Waals surface area contributed by atoms with Crippen LogP contribution in [-0.2, 0) is 7.05 Å². The van der Waals surface area contributed by atoms with Gasteiger partial charge in [-0.1, -0.05) is 18.2 Å². The number of aromatic nitrogens is 1. The second-order valence-corrected chi connectivity index (χ2v) is 5.66. The van der Waals surface area contributed by atoms with E-state index in [2.05, 4.69) is 15.1 Å². The number of hydrogen-bond acceptors (Lipinski definition) is 4. The molecule has 0 spiro atoms. The Hall–Kier alpha value is -3.28. The number of carbonyl (C=O) groups is 1. The molecule has 128 valence electrons. The summed E-state index contributed by atoms with van der Waals surface area (Å²) in [5.41, 5.74) is 5.67. The predicted octanol–water partition coefficient (Wildman–Crippen LogP) is 2.96. The van der Waals surface area contributed by atoms with E-state index >= 15 is 0 Å². The Bertz CT molecular complexity index is 973. The van der Waals surface area contributed by atoms with Crippen molar-refractivity contribution < 1.29 is 14.6 Å². The summed E-state index contributed by atoms with van der Waals surface area (Å²) in [4.78, 5) is 12.2. The van der Waals surface area contributed by atoms with E-state index in [4.69, 9.17) is 4.74 Å². The molecule has 0 aliphatic carbocycles. The fourth-order valence-corrected chi connectivity index (χ4v) is 2.76. The summed E-state index contributed by atoms with van der Waals surface area (Å²) < 4.78 is 7.08. The van der Waals surface area contributed by atoms with Crippen LogP contribution in [0.2, 0.25) is 0 Å². The number of nitrogens with zero attached hydrogens (tertiary/aromatic N) is 2. The van der Waals surface area contributed by atoms with E-state index < -0.39 is 5.91 Å². The number of carbonyl (C=O) groups excluding carboxylic acids is 1. The third kappa shape index (κ3) is 3.06. The molecule has 1 heterocycles. The molecule has 0 saturated heterocycles. The molecule has 1 amide bonds. The molecule has 6 heteroatoms. The fraction of sp³-hybridized carbons (Fsp3) is 0.158. The van der Waals surface area contributed by atoms with Crippen molar-refractivity contribution in [2.75, 3.05) is 7.11 Å². The third-order valence-corrected chi connectivity index (χ3v) is 4.26. The highest BCUT2D eigenvalue weighted by Crippen LogP contribution is 2.24. The monoisotopic (exact) mass is 337 g/mol. The van der Waals surface area contributed by atoms with Crippen LogP contribution in [0.1, 0.15) is 21.6 Å². The lowest BCUT2D eigenvalue weighted by Crippen LogP contribution is -2.17. The van der Waals surface area contributed by atoms with Crippen molar-refractivity contribution in [2.24, 2.45) is 12.1 Å². The van der Waals surface area contributed by atoms with Crippen molar-refractivity contribution in [3.63, 3.8) is 0 Å². The number of para-hydroxylation sites is 1. The van der Waals surface area contributed by atoms with Gasteiger partial charge < -0.3 is 14.4 Å². The molecule has 0 aliphatic rings. The summed E-state index contributed by atoms with van der Waals surface area (Å²) in [7, 11) is 3.48. The summed E-state index contributed by atoms with van der Waals surface area (Å²) in [6.45, 7) is 2.00. The van der Waals surface area contributed by atoms with E-state index in [9.17, 15) is 9.90 Å². The van der Waals surface area contributed by atoms with Crippen molar-refractivity contribution in [3.8, 4) is 11.5 Å². The van der Waals surface area contributed by atoms with Gasteiger partial charge in [0.2, 0.25) is 0 Å². The van der Waals surface area contributed by atoms with Crippen LogP contribution in [0.5, 0.6) is 11.5 Å². The lowest BCUT2D eigenvalue weighted by molar-refractivity contribution is 0.0952. The molecule has 3 aromatic rings. The van der Waals surface area contributed by atoms with E-state index in [-0.39, 0.29) is 11.3 Å². The number of aromatic hydroxyl groups is 1. The van der Waals surface area contributed by atoms with Crippen LogP contribution in [0.25, 0.3) is 10.9 Å². The van der Waals surface area contributed by atoms with Gasteiger partial charge in [0, 0.05) is 35.3 Å². The third-order valence-electron chi connectivity index (χ3n) is 4.26. The average molecular weight is 337 g/mol. The number of benzene rings is 2.